The van der Waals surface area contributed by atoms with Gasteiger partial charge in [0.2, 0.25) is 0 Å². The Hall–Kier alpha value is -3.17. The molecule has 0 radical (unpaired) electrons. The third kappa shape index (κ3) is 4.26. The molecular formula is C20H16FN3OS. The van der Waals surface area contributed by atoms with Gasteiger partial charge in [0.15, 0.2) is 0 Å². The average molecular weight is 365 g/mol. The zero-order valence-corrected chi connectivity index (χ0v) is 14.9. The Morgan fingerprint density at radius 2 is 1.96 bits per heavy atom. The Labute approximate surface area is 155 Å². The van der Waals surface area contributed by atoms with E-state index in [4.69, 9.17) is 4.74 Å². The van der Waals surface area contributed by atoms with E-state index in [2.05, 4.69) is 16.4 Å². The maximum absolute atomic E-state index is 13.0. The van der Waals surface area contributed by atoms with Crippen molar-refractivity contribution in [3.8, 4) is 23.1 Å². The summed E-state index contributed by atoms with van der Waals surface area (Å²) >= 11 is 1.37. The molecule has 0 aliphatic carbocycles. The molecule has 0 saturated heterocycles. The quantitative estimate of drug-likeness (QED) is 0.600. The minimum absolute atomic E-state index is 0.290. The van der Waals surface area contributed by atoms with E-state index in [1.165, 1.54) is 23.5 Å². The molecule has 6 heteroatoms. The van der Waals surface area contributed by atoms with Gasteiger partial charge in [-0.2, -0.15) is 5.26 Å². The zero-order chi connectivity index (χ0) is 18.4. The lowest BCUT2D eigenvalue weighted by Gasteiger charge is -2.05. The molecule has 1 aromatic heterocycles. The van der Waals surface area contributed by atoms with Crippen molar-refractivity contribution < 1.29 is 9.13 Å². The molecule has 0 amide bonds. The fourth-order valence-electron chi connectivity index (χ4n) is 2.26. The lowest BCUT2D eigenvalue weighted by atomic mass is 10.2. The Morgan fingerprint density at radius 1 is 1.23 bits per heavy atom. The number of halogens is 1. The van der Waals surface area contributed by atoms with Crippen LogP contribution in [0, 0.1) is 17.1 Å². The molecule has 0 unspecified atom stereocenters. The van der Waals surface area contributed by atoms with Gasteiger partial charge in [0, 0.05) is 22.8 Å². The number of benzene rings is 2. The first-order valence-corrected chi connectivity index (χ1v) is 8.89. The van der Waals surface area contributed by atoms with E-state index in [1.54, 1.807) is 18.3 Å². The number of ether oxygens (including phenoxy) is 1. The molecule has 0 aliphatic heterocycles. The Kier molecular flexibility index (Phi) is 5.62. The van der Waals surface area contributed by atoms with Gasteiger partial charge in [-0.15, -0.1) is 11.3 Å². The molecule has 0 spiro atoms. The standard InChI is InChI=1S/C20H16FN3OS/c1-2-25-18-9-7-17(8-10-18)23-12-15(11-22)20-24-19(13-26-20)14-3-5-16(21)6-4-14/h3-10,12-13,23H,2H2,1H3/b15-12+. The van der Waals surface area contributed by atoms with E-state index >= 15 is 0 Å². The average Bonchev–Trinajstić information content (AvgIpc) is 3.14. The van der Waals surface area contributed by atoms with Gasteiger partial charge in [-0.05, 0) is 55.5 Å². The lowest BCUT2D eigenvalue weighted by Crippen LogP contribution is -1.93. The number of hydrogen-bond donors (Lipinski definition) is 1. The van der Waals surface area contributed by atoms with E-state index in [-0.39, 0.29) is 5.82 Å². The molecule has 4 nitrogen and oxygen atoms in total. The Balaban J connectivity index is 1.75. The van der Waals surface area contributed by atoms with Crippen LogP contribution in [0.1, 0.15) is 11.9 Å². The molecule has 0 saturated carbocycles. The maximum atomic E-state index is 13.0. The first-order valence-electron chi connectivity index (χ1n) is 8.01. The summed E-state index contributed by atoms with van der Waals surface area (Å²) in [7, 11) is 0. The van der Waals surface area contributed by atoms with Gasteiger partial charge in [-0.1, -0.05) is 0 Å². The van der Waals surface area contributed by atoms with Crippen LogP contribution in [-0.2, 0) is 0 Å². The molecule has 1 N–H and O–H groups in total. The predicted octanol–water partition coefficient (Wildman–Crippen LogP) is 5.32. The highest BCUT2D eigenvalue weighted by Crippen LogP contribution is 2.26. The van der Waals surface area contributed by atoms with Crippen LogP contribution in [0.15, 0.2) is 60.1 Å². The molecule has 130 valence electrons. The molecule has 0 bridgehead atoms. The number of hydrogen-bond acceptors (Lipinski definition) is 5. The normalized spacial score (nSPS) is 11.0. The van der Waals surface area contributed by atoms with E-state index in [0.29, 0.717) is 22.9 Å². The van der Waals surface area contributed by atoms with Crippen molar-refractivity contribution in [2.24, 2.45) is 0 Å². The summed E-state index contributed by atoms with van der Waals surface area (Å²) in [6.07, 6.45) is 1.63. The molecular weight excluding hydrogens is 349 g/mol. The number of allylic oxidation sites excluding steroid dienone is 1. The third-order valence-corrected chi connectivity index (χ3v) is 4.42. The van der Waals surface area contributed by atoms with Crippen molar-refractivity contribution in [3.05, 3.63) is 70.9 Å². The minimum atomic E-state index is -0.290. The van der Waals surface area contributed by atoms with Crippen molar-refractivity contribution >= 4 is 22.6 Å². The lowest BCUT2D eigenvalue weighted by molar-refractivity contribution is 0.340. The number of nitriles is 1. The molecule has 2 aromatic carbocycles. The zero-order valence-electron chi connectivity index (χ0n) is 14.1. The fraction of sp³-hybridized carbons (Fsp3) is 0.100. The first kappa shape index (κ1) is 17.6. The van der Waals surface area contributed by atoms with Gasteiger partial charge in [0.1, 0.15) is 28.2 Å². The van der Waals surface area contributed by atoms with Gasteiger partial charge in [-0.25, -0.2) is 9.37 Å². The number of nitrogens with zero attached hydrogens (tertiary/aromatic N) is 2. The summed E-state index contributed by atoms with van der Waals surface area (Å²) < 4.78 is 18.4. The van der Waals surface area contributed by atoms with Crippen molar-refractivity contribution in [2.75, 3.05) is 11.9 Å². The monoisotopic (exact) mass is 365 g/mol. The minimum Gasteiger partial charge on any atom is -0.494 e. The van der Waals surface area contributed by atoms with Gasteiger partial charge in [0.25, 0.3) is 0 Å². The largest absolute Gasteiger partial charge is 0.494 e. The molecule has 0 fully saturated rings. The van der Waals surface area contributed by atoms with Crippen LogP contribution in [0.3, 0.4) is 0 Å². The number of nitrogens with one attached hydrogen (secondary N) is 1. The molecule has 3 aromatic rings. The predicted molar refractivity (Wildman–Crippen MR) is 102 cm³/mol. The van der Waals surface area contributed by atoms with Crippen LogP contribution in [0.2, 0.25) is 0 Å². The molecule has 0 aliphatic rings. The van der Waals surface area contributed by atoms with Crippen LogP contribution in [0.4, 0.5) is 10.1 Å². The second kappa shape index (κ2) is 8.28. The highest BCUT2D eigenvalue weighted by Gasteiger charge is 2.09. The number of anilines is 1. The maximum Gasteiger partial charge on any atom is 0.136 e. The van der Waals surface area contributed by atoms with Crippen molar-refractivity contribution in [3.63, 3.8) is 0 Å². The number of aromatic nitrogens is 1. The summed E-state index contributed by atoms with van der Waals surface area (Å²) in [5, 5.41) is 15.0. The summed E-state index contributed by atoms with van der Waals surface area (Å²) in [5.74, 6) is 0.507. The van der Waals surface area contributed by atoms with Crippen LogP contribution >= 0.6 is 11.3 Å². The van der Waals surface area contributed by atoms with Gasteiger partial charge in [0.05, 0.1) is 12.3 Å². The van der Waals surface area contributed by atoms with Crippen molar-refractivity contribution in [1.82, 2.24) is 4.98 Å². The Morgan fingerprint density at radius 3 is 2.62 bits per heavy atom. The Bertz CT molecular complexity index is 940. The van der Waals surface area contributed by atoms with Crippen LogP contribution in [0.5, 0.6) is 5.75 Å². The summed E-state index contributed by atoms with van der Waals surface area (Å²) in [5.41, 5.74) is 2.80. The van der Waals surface area contributed by atoms with Gasteiger partial charge < -0.3 is 10.1 Å². The first-order chi connectivity index (χ1) is 12.7. The highest BCUT2D eigenvalue weighted by molar-refractivity contribution is 7.11. The fourth-order valence-corrected chi connectivity index (χ4v) is 3.06. The number of rotatable bonds is 6. The van der Waals surface area contributed by atoms with Crippen molar-refractivity contribution in [2.45, 2.75) is 6.92 Å². The number of thiazole rings is 1. The van der Waals surface area contributed by atoms with Crippen LogP contribution in [-0.4, -0.2) is 11.6 Å². The second-order valence-corrected chi connectivity index (χ2v) is 6.17. The molecule has 26 heavy (non-hydrogen) atoms. The molecule has 1 heterocycles. The van der Waals surface area contributed by atoms with E-state index in [9.17, 15) is 9.65 Å². The smallest absolute Gasteiger partial charge is 0.136 e. The van der Waals surface area contributed by atoms with Crippen LogP contribution in [0.25, 0.3) is 16.8 Å². The summed E-state index contributed by atoms with van der Waals surface area (Å²) in [6.45, 7) is 2.55. The SMILES string of the molecule is CCOc1ccc(N/C=C(\C#N)c2nc(-c3ccc(F)cc3)cs2)cc1. The molecule has 3 rings (SSSR count). The third-order valence-electron chi connectivity index (χ3n) is 3.54. The topological polar surface area (TPSA) is 57.9 Å². The second-order valence-electron chi connectivity index (χ2n) is 5.32. The van der Waals surface area contributed by atoms with Crippen molar-refractivity contribution in [1.29, 1.82) is 5.26 Å². The highest BCUT2D eigenvalue weighted by atomic mass is 32.1. The molecule has 0 atom stereocenters. The van der Waals surface area contributed by atoms with Crippen LogP contribution < -0.4 is 10.1 Å². The summed E-state index contributed by atoms with van der Waals surface area (Å²) in [6, 6.07) is 15.8. The summed E-state index contributed by atoms with van der Waals surface area (Å²) in [4.78, 5) is 4.48. The van der Waals surface area contributed by atoms with E-state index in [1.807, 2.05) is 36.6 Å². The van der Waals surface area contributed by atoms with E-state index in [0.717, 1.165) is 17.0 Å². The van der Waals surface area contributed by atoms with Gasteiger partial charge in [-0.3, -0.25) is 0 Å². The van der Waals surface area contributed by atoms with Gasteiger partial charge >= 0.3 is 0 Å². The van der Waals surface area contributed by atoms with E-state index < -0.39 is 0 Å².